The number of fused-ring (bicyclic) bond motifs is 1. The Morgan fingerprint density at radius 2 is 2.10 bits per heavy atom. The molecule has 1 saturated carbocycles. The van der Waals surface area contributed by atoms with Crippen LogP contribution >= 0.6 is 0 Å². The lowest BCUT2D eigenvalue weighted by atomic mass is 9.79. The van der Waals surface area contributed by atoms with Crippen LogP contribution in [-0.2, 0) is 0 Å². The van der Waals surface area contributed by atoms with Gasteiger partial charge in [-0.2, -0.15) is 5.10 Å². The number of hydrogen-bond acceptors (Lipinski definition) is 4. The molecule has 4 rings (SSSR count). The normalized spacial score (nSPS) is 27.2. The first kappa shape index (κ1) is 11.6. The van der Waals surface area contributed by atoms with Crippen molar-refractivity contribution in [1.29, 1.82) is 0 Å². The van der Waals surface area contributed by atoms with E-state index in [1.165, 1.54) is 12.0 Å². The second-order valence-electron chi connectivity index (χ2n) is 5.30. The lowest BCUT2D eigenvalue weighted by molar-refractivity contribution is 0.371. The minimum atomic E-state index is 0.167. The molecular weight excluding hydrogens is 252 g/mol. The fraction of sp³-hybridized carbons (Fsp3) is 0.312. The van der Waals surface area contributed by atoms with Crippen LogP contribution < -0.4 is 5.43 Å². The van der Waals surface area contributed by atoms with Crippen molar-refractivity contribution in [2.75, 3.05) is 0 Å². The van der Waals surface area contributed by atoms with E-state index in [4.69, 9.17) is 8.83 Å². The van der Waals surface area contributed by atoms with Gasteiger partial charge < -0.3 is 8.83 Å². The van der Waals surface area contributed by atoms with Crippen LogP contribution in [0.3, 0.4) is 0 Å². The zero-order valence-electron chi connectivity index (χ0n) is 11.1. The van der Waals surface area contributed by atoms with Gasteiger partial charge in [0.15, 0.2) is 0 Å². The third kappa shape index (κ3) is 1.88. The molecule has 2 aliphatic rings. The van der Waals surface area contributed by atoms with Crippen LogP contribution in [0.4, 0.5) is 0 Å². The first-order chi connectivity index (χ1) is 9.92. The summed E-state index contributed by atoms with van der Waals surface area (Å²) in [6, 6.07) is 8.00. The van der Waals surface area contributed by atoms with Gasteiger partial charge >= 0.3 is 0 Å². The monoisotopic (exact) mass is 268 g/mol. The summed E-state index contributed by atoms with van der Waals surface area (Å²) >= 11 is 0. The highest BCUT2D eigenvalue weighted by Crippen LogP contribution is 2.39. The maximum absolute atomic E-state index is 5.53. The molecule has 2 aromatic rings. The molecule has 20 heavy (non-hydrogen) atoms. The summed E-state index contributed by atoms with van der Waals surface area (Å²) in [7, 11) is 0. The molecule has 2 aromatic heterocycles. The van der Waals surface area contributed by atoms with Crippen LogP contribution in [0.2, 0.25) is 0 Å². The van der Waals surface area contributed by atoms with E-state index in [0.717, 1.165) is 30.1 Å². The van der Waals surface area contributed by atoms with Crippen LogP contribution in [0.15, 0.2) is 56.3 Å². The Morgan fingerprint density at radius 3 is 2.90 bits per heavy atom. The zero-order valence-corrected chi connectivity index (χ0v) is 11.1. The molecule has 4 nitrogen and oxygen atoms in total. The largest absolute Gasteiger partial charge is 0.467 e. The molecule has 0 amide bonds. The number of nitrogens with zero attached hydrogens (tertiary/aromatic N) is 1. The summed E-state index contributed by atoms with van der Waals surface area (Å²) in [6.45, 7) is 0. The summed E-state index contributed by atoms with van der Waals surface area (Å²) in [5, 5.41) is 4.55. The van der Waals surface area contributed by atoms with E-state index in [0.29, 0.717) is 5.92 Å². The average molecular weight is 268 g/mol. The number of hydrazone groups is 1. The molecule has 1 aliphatic heterocycles. The van der Waals surface area contributed by atoms with Gasteiger partial charge in [0.1, 0.15) is 17.6 Å². The van der Waals surface area contributed by atoms with Crippen molar-refractivity contribution in [3.63, 3.8) is 0 Å². The molecule has 1 aliphatic carbocycles. The Kier molecular flexibility index (Phi) is 2.73. The zero-order chi connectivity index (χ0) is 13.4. The predicted molar refractivity (Wildman–Crippen MR) is 76.0 cm³/mol. The van der Waals surface area contributed by atoms with Gasteiger partial charge in [-0.05, 0) is 55.2 Å². The van der Waals surface area contributed by atoms with Crippen molar-refractivity contribution >= 4 is 11.8 Å². The van der Waals surface area contributed by atoms with E-state index in [9.17, 15) is 0 Å². The van der Waals surface area contributed by atoms with Gasteiger partial charge in [-0.15, -0.1) is 0 Å². The minimum Gasteiger partial charge on any atom is -0.467 e. The van der Waals surface area contributed by atoms with E-state index in [2.05, 4.69) is 16.6 Å². The molecule has 4 heteroatoms. The number of nitrogens with one attached hydrogen (secondary N) is 1. The number of rotatable bonds is 2. The van der Waals surface area contributed by atoms with Gasteiger partial charge in [0.05, 0.1) is 18.2 Å². The standard InChI is InChI=1S/C16H16N2O2/c1-4-11(10-12-5-2-8-19-12)15-13(6-1)16(18-17-15)14-7-3-9-20-14/h2-3,5,7-10,13,16,18H,1,4,6H2/b11-10+. The molecule has 3 heterocycles. The molecule has 0 bridgehead atoms. The van der Waals surface area contributed by atoms with Crippen LogP contribution in [-0.4, -0.2) is 5.71 Å². The Bertz CT molecular complexity index is 638. The molecule has 102 valence electrons. The third-order valence-corrected chi connectivity index (χ3v) is 4.08. The number of allylic oxidation sites excluding steroid dienone is 1. The van der Waals surface area contributed by atoms with Crippen molar-refractivity contribution in [3.05, 3.63) is 53.9 Å². The Hall–Kier alpha value is -2.23. The topological polar surface area (TPSA) is 50.7 Å². The predicted octanol–water partition coefficient (Wildman–Crippen LogP) is 3.76. The Morgan fingerprint density at radius 1 is 1.20 bits per heavy atom. The van der Waals surface area contributed by atoms with Crippen molar-refractivity contribution in [2.24, 2.45) is 11.0 Å². The highest BCUT2D eigenvalue weighted by Gasteiger charge is 2.38. The fourth-order valence-corrected chi connectivity index (χ4v) is 3.15. The van der Waals surface area contributed by atoms with Crippen LogP contribution in [0, 0.1) is 5.92 Å². The van der Waals surface area contributed by atoms with Gasteiger partial charge in [0.25, 0.3) is 0 Å². The molecule has 0 aromatic carbocycles. The SMILES string of the molecule is C(=C1/CCCC2C1=NNC2c1ccco1)/c1ccco1. The summed E-state index contributed by atoms with van der Waals surface area (Å²) in [5.74, 6) is 2.26. The van der Waals surface area contributed by atoms with Crippen LogP contribution in [0.25, 0.3) is 6.08 Å². The van der Waals surface area contributed by atoms with Crippen molar-refractivity contribution in [2.45, 2.75) is 25.3 Å². The molecule has 0 saturated heterocycles. The van der Waals surface area contributed by atoms with E-state index in [1.54, 1.807) is 12.5 Å². The van der Waals surface area contributed by atoms with Gasteiger partial charge in [-0.25, -0.2) is 0 Å². The Labute approximate surface area is 117 Å². The first-order valence-electron chi connectivity index (χ1n) is 7.03. The van der Waals surface area contributed by atoms with E-state index in [-0.39, 0.29) is 6.04 Å². The average Bonchev–Trinajstić information content (AvgIpc) is 3.20. The van der Waals surface area contributed by atoms with Gasteiger partial charge in [-0.1, -0.05) is 0 Å². The lowest BCUT2D eigenvalue weighted by Crippen LogP contribution is -2.25. The van der Waals surface area contributed by atoms with E-state index < -0.39 is 0 Å². The third-order valence-electron chi connectivity index (χ3n) is 4.08. The molecule has 0 spiro atoms. The quantitative estimate of drug-likeness (QED) is 0.902. The second kappa shape index (κ2) is 4.71. The summed E-state index contributed by atoms with van der Waals surface area (Å²) in [5.41, 5.74) is 5.67. The van der Waals surface area contributed by atoms with Crippen LogP contribution in [0.5, 0.6) is 0 Å². The second-order valence-corrected chi connectivity index (χ2v) is 5.30. The molecule has 1 N–H and O–H groups in total. The van der Waals surface area contributed by atoms with Crippen LogP contribution in [0.1, 0.15) is 36.8 Å². The summed E-state index contributed by atoms with van der Waals surface area (Å²) in [4.78, 5) is 0. The maximum Gasteiger partial charge on any atom is 0.128 e. The van der Waals surface area contributed by atoms with Gasteiger partial charge in [-0.3, -0.25) is 5.43 Å². The highest BCUT2D eigenvalue weighted by molar-refractivity contribution is 6.06. The molecular formula is C16H16N2O2. The van der Waals surface area contributed by atoms with Crippen molar-refractivity contribution in [1.82, 2.24) is 5.43 Å². The molecule has 2 atom stereocenters. The molecule has 0 radical (unpaired) electrons. The van der Waals surface area contributed by atoms with Crippen molar-refractivity contribution < 1.29 is 8.83 Å². The lowest BCUT2D eigenvalue weighted by Gasteiger charge is -2.24. The van der Waals surface area contributed by atoms with Gasteiger partial charge in [0, 0.05) is 5.92 Å². The highest BCUT2D eigenvalue weighted by atomic mass is 16.3. The minimum absolute atomic E-state index is 0.167. The van der Waals surface area contributed by atoms with Crippen molar-refractivity contribution in [3.8, 4) is 0 Å². The first-order valence-corrected chi connectivity index (χ1v) is 7.03. The number of hydrogen-bond donors (Lipinski definition) is 1. The Balaban J connectivity index is 1.63. The number of furan rings is 2. The maximum atomic E-state index is 5.53. The van der Waals surface area contributed by atoms with E-state index in [1.807, 2.05) is 24.3 Å². The molecule has 1 fully saturated rings. The van der Waals surface area contributed by atoms with Gasteiger partial charge in [0.2, 0.25) is 0 Å². The fourth-order valence-electron chi connectivity index (χ4n) is 3.15. The molecule has 2 unspecified atom stereocenters. The smallest absolute Gasteiger partial charge is 0.128 e. The van der Waals surface area contributed by atoms with E-state index >= 15 is 0 Å². The summed E-state index contributed by atoms with van der Waals surface area (Å²) < 4.78 is 10.9. The summed E-state index contributed by atoms with van der Waals surface area (Å²) in [6.07, 6.45) is 8.91.